The number of hydrogen-bond acceptors (Lipinski definition) is 7. The number of Topliss-reactive ketones (excluding diaryl/α,β-unsaturated/α-hetero) is 1. The second kappa shape index (κ2) is 5.85. The van der Waals surface area contributed by atoms with Gasteiger partial charge in [0.25, 0.3) is 5.69 Å². The normalized spacial score (nSPS) is 32.7. The number of non-ortho nitro benzene ring substituents is 1. The van der Waals surface area contributed by atoms with Crippen molar-refractivity contribution < 1.29 is 24.0 Å². The minimum Gasteiger partial charge on any atom is -0.372 e. The van der Waals surface area contributed by atoms with Crippen molar-refractivity contribution in [3.8, 4) is 0 Å². The summed E-state index contributed by atoms with van der Waals surface area (Å²) in [5.41, 5.74) is -0.290. The molecular weight excluding hydrogens is 354 g/mol. The van der Waals surface area contributed by atoms with E-state index < -0.39 is 40.1 Å². The first-order chi connectivity index (χ1) is 12.7. The first-order valence-corrected chi connectivity index (χ1v) is 8.81. The van der Waals surface area contributed by atoms with Gasteiger partial charge in [0, 0.05) is 24.4 Å². The van der Waals surface area contributed by atoms with Crippen molar-refractivity contribution in [1.82, 2.24) is 5.32 Å². The maximum absolute atomic E-state index is 13.0. The van der Waals surface area contributed by atoms with E-state index in [0.717, 1.165) is 5.69 Å². The zero-order valence-corrected chi connectivity index (χ0v) is 14.9. The molecule has 2 fully saturated rings. The summed E-state index contributed by atoms with van der Waals surface area (Å²) in [5.74, 6) is -1.74. The number of nitrogens with zero attached hydrogens (tertiary/aromatic N) is 2. The standard InChI is InChI=1S/C18H19N3O6/c1-9-8-20-13-4-3-12(21(25)26)5-11(13)7-18(16(20)10(2)27-9)14(22)6-15(23)19-17(18)24/h3-5,9-10,16H,6-8H2,1-2H3,(H,19,23,24)/t9-,10+,16-,18?/m1/s1. The number of nitro benzene ring substituents is 1. The second-order valence-corrected chi connectivity index (χ2v) is 7.44. The summed E-state index contributed by atoms with van der Waals surface area (Å²) >= 11 is 0. The van der Waals surface area contributed by atoms with E-state index in [1.165, 1.54) is 12.1 Å². The van der Waals surface area contributed by atoms with E-state index in [-0.39, 0.29) is 24.6 Å². The van der Waals surface area contributed by atoms with Crippen molar-refractivity contribution >= 4 is 29.0 Å². The molecule has 1 N–H and O–H groups in total. The number of nitro groups is 1. The number of piperidine rings is 1. The monoisotopic (exact) mass is 373 g/mol. The molecule has 0 aliphatic carbocycles. The largest absolute Gasteiger partial charge is 0.372 e. The average molecular weight is 373 g/mol. The zero-order chi connectivity index (χ0) is 19.5. The van der Waals surface area contributed by atoms with E-state index >= 15 is 0 Å². The Kier molecular flexibility index (Phi) is 3.81. The van der Waals surface area contributed by atoms with Gasteiger partial charge in [-0.25, -0.2) is 0 Å². The molecule has 0 radical (unpaired) electrons. The summed E-state index contributed by atoms with van der Waals surface area (Å²) in [6.07, 6.45) is -0.953. The van der Waals surface area contributed by atoms with Crippen LogP contribution in [-0.4, -0.2) is 47.3 Å². The molecule has 3 aliphatic heterocycles. The number of carbonyl (C=O) groups excluding carboxylic acids is 3. The number of rotatable bonds is 1. The predicted octanol–water partition coefficient (Wildman–Crippen LogP) is 0.735. The van der Waals surface area contributed by atoms with Crippen LogP contribution in [0.2, 0.25) is 0 Å². The number of ether oxygens (including phenoxy) is 1. The van der Waals surface area contributed by atoms with Gasteiger partial charge in [-0.2, -0.15) is 0 Å². The molecule has 3 heterocycles. The van der Waals surface area contributed by atoms with Crippen LogP contribution in [-0.2, 0) is 25.5 Å². The van der Waals surface area contributed by atoms with Crippen LogP contribution in [0.1, 0.15) is 25.8 Å². The van der Waals surface area contributed by atoms with Gasteiger partial charge in [-0.3, -0.25) is 29.8 Å². The number of anilines is 1. The smallest absolute Gasteiger partial charge is 0.269 e. The maximum Gasteiger partial charge on any atom is 0.269 e. The third-order valence-corrected chi connectivity index (χ3v) is 5.72. The molecule has 1 unspecified atom stereocenters. The molecule has 27 heavy (non-hydrogen) atoms. The molecule has 1 aromatic rings. The van der Waals surface area contributed by atoms with Gasteiger partial charge in [0.15, 0.2) is 5.78 Å². The lowest BCUT2D eigenvalue weighted by molar-refractivity contribution is -0.384. The van der Waals surface area contributed by atoms with Gasteiger partial charge >= 0.3 is 0 Å². The Morgan fingerprint density at radius 3 is 2.70 bits per heavy atom. The van der Waals surface area contributed by atoms with Crippen LogP contribution in [0.25, 0.3) is 0 Å². The average Bonchev–Trinajstić information content (AvgIpc) is 2.58. The van der Waals surface area contributed by atoms with Gasteiger partial charge in [0.1, 0.15) is 5.41 Å². The van der Waals surface area contributed by atoms with Crippen LogP contribution in [0.5, 0.6) is 0 Å². The van der Waals surface area contributed by atoms with Crippen LogP contribution in [0, 0.1) is 15.5 Å². The van der Waals surface area contributed by atoms with Crippen molar-refractivity contribution in [2.75, 3.05) is 11.4 Å². The number of hydrogen-bond donors (Lipinski definition) is 1. The Bertz CT molecular complexity index is 862. The van der Waals surface area contributed by atoms with E-state index in [1.54, 1.807) is 6.07 Å². The minimum absolute atomic E-state index is 0.00517. The van der Waals surface area contributed by atoms with Crippen molar-refractivity contribution in [3.05, 3.63) is 33.9 Å². The molecule has 2 amide bonds. The Morgan fingerprint density at radius 2 is 2.04 bits per heavy atom. The molecule has 4 atom stereocenters. The highest BCUT2D eigenvalue weighted by atomic mass is 16.6. The fraction of sp³-hybridized carbons (Fsp3) is 0.500. The van der Waals surface area contributed by atoms with E-state index in [0.29, 0.717) is 12.1 Å². The van der Waals surface area contributed by atoms with Crippen LogP contribution in [0.15, 0.2) is 18.2 Å². The number of fused-ring (bicyclic) bond motifs is 4. The van der Waals surface area contributed by atoms with E-state index in [4.69, 9.17) is 4.74 Å². The Morgan fingerprint density at radius 1 is 1.30 bits per heavy atom. The first kappa shape index (κ1) is 17.6. The SMILES string of the molecule is C[C@@H]1CN2c3ccc([N+](=O)[O-])cc3CC3(C(=O)CC(=O)NC3=O)[C@H]2[C@H](C)O1. The van der Waals surface area contributed by atoms with Gasteiger partial charge in [-0.15, -0.1) is 0 Å². The second-order valence-electron chi connectivity index (χ2n) is 7.44. The summed E-state index contributed by atoms with van der Waals surface area (Å²) in [5, 5.41) is 13.5. The predicted molar refractivity (Wildman–Crippen MR) is 93.2 cm³/mol. The molecular formula is C18H19N3O6. The molecule has 142 valence electrons. The lowest BCUT2D eigenvalue weighted by Crippen LogP contribution is -2.72. The molecule has 0 bridgehead atoms. The molecule has 3 aliphatic rings. The minimum atomic E-state index is -1.50. The highest BCUT2D eigenvalue weighted by Crippen LogP contribution is 2.48. The number of benzene rings is 1. The Labute approximate surface area is 154 Å². The van der Waals surface area contributed by atoms with Gasteiger partial charge < -0.3 is 9.64 Å². The van der Waals surface area contributed by atoms with Gasteiger partial charge in [-0.05, 0) is 31.9 Å². The summed E-state index contributed by atoms with van der Waals surface area (Å²) in [4.78, 5) is 50.3. The number of imide groups is 1. The van der Waals surface area contributed by atoms with Crippen LogP contribution in [0.4, 0.5) is 11.4 Å². The summed E-state index contributed by atoms with van der Waals surface area (Å²) in [7, 11) is 0. The summed E-state index contributed by atoms with van der Waals surface area (Å²) in [6, 6.07) is 3.91. The van der Waals surface area contributed by atoms with Gasteiger partial charge in [0.05, 0.1) is 29.6 Å². The highest BCUT2D eigenvalue weighted by molar-refractivity contribution is 6.22. The number of amides is 2. The summed E-state index contributed by atoms with van der Waals surface area (Å²) in [6.45, 7) is 4.14. The third-order valence-electron chi connectivity index (χ3n) is 5.72. The maximum atomic E-state index is 13.0. The Hall–Kier alpha value is -2.81. The van der Waals surface area contributed by atoms with Gasteiger partial charge in [-0.1, -0.05) is 0 Å². The first-order valence-electron chi connectivity index (χ1n) is 8.81. The number of ketones is 1. The summed E-state index contributed by atoms with van der Waals surface area (Å²) < 4.78 is 5.92. The molecule has 0 saturated carbocycles. The quantitative estimate of drug-likeness (QED) is 0.334. The fourth-order valence-electron chi connectivity index (χ4n) is 4.75. The van der Waals surface area contributed by atoms with Crippen molar-refractivity contribution in [3.63, 3.8) is 0 Å². The number of carbonyl (C=O) groups is 3. The van der Waals surface area contributed by atoms with Gasteiger partial charge in [0.2, 0.25) is 11.8 Å². The highest BCUT2D eigenvalue weighted by Gasteiger charge is 2.62. The van der Waals surface area contributed by atoms with Crippen molar-refractivity contribution in [2.45, 2.75) is 44.9 Å². The molecule has 1 aromatic carbocycles. The molecule has 4 rings (SSSR count). The van der Waals surface area contributed by atoms with Crippen molar-refractivity contribution in [2.24, 2.45) is 5.41 Å². The van der Waals surface area contributed by atoms with E-state index in [2.05, 4.69) is 5.32 Å². The van der Waals surface area contributed by atoms with E-state index in [9.17, 15) is 24.5 Å². The zero-order valence-electron chi connectivity index (χ0n) is 14.9. The fourth-order valence-corrected chi connectivity index (χ4v) is 4.75. The van der Waals surface area contributed by atoms with Crippen molar-refractivity contribution in [1.29, 1.82) is 0 Å². The molecule has 0 aromatic heterocycles. The molecule has 1 spiro atoms. The number of nitrogens with one attached hydrogen (secondary N) is 1. The molecule has 9 heteroatoms. The third kappa shape index (κ3) is 2.45. The Balaban J connectivity index is 1.92. The van der Waals surface area contributed by atoms with Crippen LogP contribution in [0.3, 0.4) is 0 Å². The lowest BCUT2D eigenvalue weighted by atomic mass is 9.63. The molecule has 9 nitrogen and oxygen atoms in total. The van der Waals surface area contributed by atoms with Crippen LogP contribution >= 0.6 is 0 Å². The van der Waals surface area contributed by atoms with E-state index in [1.807, 2.05) is 18.7 Å². The lowest BCUT2D eigenvalue weighted by Gasteiger charge is -2.55. The van der Waals surface area contributed by atoms with Crippen LogP contribution < -0.4 is 10.2 Å². The topological polar surface area (TPSA) is 119 Å². The number of morpholine rings is 1. The molecule has 2 saturated heterocycles.